The molecule has 2 aromatic carbocycles. The summed E-state index contributed by atoms with van der Waals surface area (Å²) in [6.07, 6.45) is 5.76. The van der Waals surface area contributed by atoms with Gasteiger partial charge in [-0.3, -0.25) is 15.2 Å². The van der Waals surface area contributed by atoms with Crippen LogP contribution in [0.15, 0.2) is 67.0 Å². The van der Waals surface area contributed by atoms with Crippen molar-refractivity contribution < 1.29 is 4.79 Å². The number of nitrogens with two attached hydrogens (primary N) is 1. The summed E-state index contributed by atoms with van der Waals surface area (Å²) in [5.41, 5.74) is 11.0. The Balaban J connectivity index is 0.00000228. The topological polar surface area (TPSA) is 86.3 Å². The molecule has 1 amide bonds. The minimum absolute atomic E-state index is 0. The number of nitrogen functional groups attached to an aromatic ring is 1. The number of nitrogens with zero attached hydrogens (tertiary/aromatic N) is 3. The molecule has 3 aromatic rings. The highest BCUT2D eigenvalue weighted by Crippen LogP contribution is 2.19. The summed E-state index contributed by atoms with van der Waals surface area (Å²) in [5, 5.41) is 7.76. The predicted molar refractivity (Wildman–Crippen MR) is 150 cm³/mol. The van der Waals surface area contributed by atoms with Crippen LogP contribution >= 0.6 is 24.8 Å². The molecule has 1 aliphatic rings. The third-order valence-electron chi connectivity index (χ3n) is 5.97. The van der Waals surface area contributed by atoms with Gasteiger partial charge in [-0.1, -0.05) is 30.0 Å². The largest absolute Gasteiger partial charge is 0.384 e. The van der Waals surface area contributed by atoms with Crippen LogP contribution in [0.2, 0.25) is 0 Å². The quantitative estimate of drug-likeness (QED) is 0.275. The lowest BCUT2D eigenvalue weighted by Crippen LogP contribution is -2.28. The second kappa shape index (κ2) is 13.5. The van der Waals surface area contributed by atoms with Gasteiger partial charge in [-0.2, -0.15) is 0 Å². The fraction of sp³-hybridized carbons (Fsp3) is 0.250. The zero-order valence-electron chi connectivity index (χ0n) is 20.2. The van der Waals surface area contributed by atoms with E-state index in [0.29, 0.717) is 18.7 Å². The van der Waals surface area contributed by atoms with Crippen molar-refractivity contribution >= 4 is 42.2 Å². The van der Waals surface area contributed by atoms with Crippen molar-refractivity contribution in [3.63, 3.8) is 0 Å². The summed E-state index contributed by atoms with van der Waals surface area (Å²) in [4.78, 5) is 21.0. The maximum Gasteiger partial charge on any atom is 0.254 e. The molecule has 0 atom stereocenters. The summed E-state index contributed by atoms with van der Waals surface area (Å²) in [6.45, 7) is 4.78. The number of halogens is 2. The fourth-order valence-electron chi connectivity index (χ4n) is 4.13. The van der Waals surface area contributed by atoms with Crippen molar-refractivity contribution in [1.82, 2.24) is 9.88 Å². The van der Waals surface area contributed by atoms with Gasteiger partial charge in [0.2, 0.25) is 0 Å². The van der Waals surface area contributed by atoms with Crippen LogP contribution in [-0.4, -0.2) is 41.3 Å². The summed E-state index contributed by atoms with van der Waals surface area (Å²) in [5.74, 6) is 6.67. The number of hydrogen-bond acceptors (Lipinski definition) is 4. The van der Waals surface area contributed by atoms with Crippen LogP contribution in [0.1, 0.15) is 45.5 Å². The first-order valence-corrected chi connectivity index (χ1v) is 11.5. The predicted octanol–water partition coefficient (Wildman–Crippen LogP) is 4.81. The van der Waals surface area contributed by atoms with Gasteiger partial charge in [-0.15, -0.1) is 24.8 Å². The van der Waals surface area contributed by atoms with Crippen LogP contribution in [0.4, 0.5) is 5.69 Å². The van der Waals surface area contributed by atoms with Crippen LogP contribution in [0.3, 0.4) is 0 Å². The number of nitrogens with one attached hydrogen (secondary N) is 1. The van der Waals surface area contributed by atoms with Crippen molar-refractivity contribution in [3.8, 4) is 11.8 Å². The standard InChI is InChI=1S/C28H29N5O.2ClH/c1-21-17-22(11-12-26(21)28(34)32-14-2-3-15-32)8-6-16-33(20-23-7-5-13-31-19-23)25-10-4-9-24(18-25)27(29)30;;/h4-5,7,9-13,17-19H,2-3,14-16,20H2,1H3,(H3,29,30);2*1H. The van der Waals surface area contributed by atoms with Crippen molar-refractivity contribution in [1.29, 1.82) is 5.41 Å². The molecule has 4 rings (SSSR count). The van der Waals surface area contributed by atoms with E-state index in [0.717, 1.165) is 53.9 Å². The van der Waals surface area contributed by atoms with Crippen molar-refractivity contribution in [3.05, 3.63) is 94.8 Å². The van der Waals surface area contributed by atoms with Crippen LogP contribution in [-0.2, 0) is 6.54 Å². The average Bonchev–Trinajstić information content (AvgIpc) is 3.39. The number of aryl methyl sites for hydroxylation is 1. The third kappa shape index (κ3) is 7.24. The molecular formula is C28H31Cl2N5O. The van der Waals surface area contributed by atoms with E-state index in [1.165, 1.54) is 0 Å². The number of amidine groups is 1. The summed E-state index contributed by atoms with van der Waals surface area (Å²) in [7, 11) is 0. The van der Waals surface area contributed by atoms with Gasteiger partial charge in [0.1, 0.15) is 5.84 Å². The Morgan fingerprint density at radius 2 is 1.89 bits per heavy atom. The van der Waals surface area contributed by atoms with Gasteiger partial charge < -0.3 is 15.5 Å². The molecule has 1 saturated heterocycles. The number of aromatic nitrogens is 1. The zero-order chi connectivity index (χ0) is 23.9. The summed E-state index contributed by atoms with van der Waals surface area (Å²) >= 11 is 0. The smallest absolute Gasteiger partial charge is 0.254 e. The Hall–Kier alpha value is -3.53. The van der Waals surface area contributed by atoms with Crippen LogP contribution in [0, 0.1) is 24.2 Å². The lowest BCUT2D eigenvalue weighted by Gasteiger charge is -2.23. The van der Waals surface area contributed by atoms with Gasteiger partial charge in [0.25, 0.3) is 5.91 Å². The molecule has 0 radical (unpaired) electrons. The van der Waals surface area contributed by atoms with Gasteiger partial charge in [0.15, 0.2) is 0 Å². The second-order valence-electron chi connectivity index (χ2n) is 8.51. The molecule has 6 nitrogen and oxygen atoms in total. The number of likely N-dealkylation sites (tertiary alicyclic amines) is 1. The van der Waals surface area contributed by atoms with E-state index < -0.39 is 0 Å². The molecule has 36 heavy (non-hydrogen) atoms. The first-order chi connectivity index (χ1) is 16.5. The van der Waals surface area contributed by atoms with Gasteiger partial charge >= 0.3 is 0 Å². The lowest BCUT2D eigenvalue weighted by atomic mass is 10.0. The first kappa shape index (κ1) is 28.7. The summed E-state index contributed by atoms with van der Waals surface area (Å²) < 4.78 is 0. The van der Waals surface area contributed by atoms with Crippen LogP contribution < -0.4 is 10.6 Å². The van der Waals surface area contributed by atoms with Gasteiger partial charge in [-0.25, -0.2) is 0 Å². The third-order valence-corrected chi connectivity index (χ3v) is 5.97. The Morgan fingerprint density at radius 1 is 1.11 bits per heavy atom. The Morgan fingerprint density at radius 3 is 2.56 bits per heavy atom. The number of hydrogen-bond donors (Lipinski definition) is 2. The normalized spacial score (nSPS) is 12.0. The Kier molecular flexibility index (Phi) is 10.8. The maximum absolute atomic E-state index is 12.7. The van der Waals surface area contributed by atoms with Gasteiger partial charge in [-0.05, 0) is 67.3 Å². The number of carbonyl (C=O) groups is 1. The van der Waals surface area contributed by atoms with Crippen molar-refractivity contribution in [2.75, 3.05) is 24.5 Å². The number of pyridine rings is 1. The second-order valence-corrected chi connectivity index (χ2v) is 8.51. The number of anilines is 1. The molecule has 0 saturated carbocycles. The highest BCUT2D eigenvalue weighted by atomic mass is 35.5. The number of rotatable bonds is 6. The minimum atomic E-state index is 0. The molecular weight excluding hydrogens is 493 g/mol. The van der Waals surface area contributed by atoms with Gasteiger partial charge in [0, 0.05) is 54.4 Å². The molecule has 188 valence electrons. The molecule has 1 fully saturated rings. The van der Waals surface area contributed by atoms with E-state index in [1.54, 1.807) is 6.20 Å². The first-order valence-electron chi connectivity index (χ1n) is 11.5. The van der Waals surface area contributed by atoms with E-state index in [2.05, 4.69) is 21.7 Å². The molecule has 2 heterocycles. The monoisotopic (exact) mass is 523 g/mol. The molecule has 3 N–H and O–H groups in total. The molecule has 0 unspecified atom stereocenters. The van der Waals surface area contributed by atoms with E-state index in [1.807, 2.05) is 72.6 Å². The molecule has 1 aliphatic heterocycles. The zero-order valence-corrected chi connectivity index (χ0v) is 21.9. The summed E-state index contributed by atoms with van der Waals surface area (Å²) in [6, 6.07) is 17.4. The number of carbonyl (C=O) groups excluding carboxylic acids is 1. The molecule has 8 heteroatoms. The highest BCUT2D eigenvalue weighted by Gasteiger charge is 2.20. The fourth-order valence-corrected chi connectivity index (χ4v) is 4.13. The van der Waals surface area contributed by atoms with E-state index in [9.17, 15) is 4.79 Å². The molecule has 1 aromatic heterocycles. The Labute approximate surface area is 225 Å². The molecule has 0 bridgehead atoms. The average molecular weight is 524 g/mol. The van der Waals surface area contributed by atoms with Crippen molar-refractivity contribution in [2.45, 2.75) is 26.3 Å². The highest BCUT2D eigenvalue weighted by molar-refractivity contribution is 5.96. The van der Waals surface area contributed by atoms with E-state index in [4.69, 9.17) is 11.1 Å². The molecule has 0 aliphatic carbocycles. The van der Waals surface area contributed by atoms with Crippen LogP contribution in [0.25, 0.3) is 0 Å². The number of benzene rings is 2. The Bertz CT molecular complexity index is 1250. The maximum atomic E-state index is 12.7. The van der Waals surface area contributed by atoms with Crippen LogP contribution in [0.5, 0.6) is 0 Å². The molecule has 0 spiro atoms. The number of amides is 1. The SMILES string of the molecule is Cc1cc(C#CCN(Cc2cccnc2)c2cccc(C(=N)N)c2)ccc1C(=O)N1CCCC1.Cl.Cl. The van der Waals surface area contributed by atoms with E-state index in [-0.39, 0.29) is 36.6 Å². The van der Waals surface area contributed by atoms with E-state index >= 15 is 0 Å². The lowest BCUT2D eigenvalue weighted by molar-refractivity contribution is 0.0792. The minimum Gasteiger partial charge on any atom is -0.384 e. The van der Waals surface area contributed by atoms with Gasteiger partial charge in [0.05, 0.1) is 6.54 Å². The van der Waals surface area contributed by atoms with Crippen molar-refractivity contribution in [2.24, 2.45) is 5.73 Å².